The van der Waals surface area contributed by atoms with E-state index in [2.05, 4.69) is 5.10 Å². The Morgan fingerprint density at radius 1 is 1.26 bits per heavy atom. The summed E-state index contributed by atoms with van der Waals surface area (Å²) < 4.78 is 25.3. The lowest BCUT2D eigenvalue weighted by Gasteiger charge is -2.24. The Bertz CT molecular complexity index is 913. The number of aliphatic hydroxyl groups is 1. The third kappa shape index (κ3) is 4.56. The molecule has 1 atom stereocenters. The maximum absolute atomic E-state index is 11.7. The molecule has 1 aromatic heterocycles. The average molecular weight is 391 g/mol. The zero-order chi connectivity index (χ0) is 19.6. The number of sulfone groups is 1. The lowest BCUT2D eigenvalue weighted by atomic mass is 9.95. The molecule has 7 nitrogen and oxygen atoms in total. The molecule has 1 saturated carbocycles. The van der Waals surface area contributed by atoms with Crippen LogP contribution in [0.15, 0.2) is 35.2 Å². The SMILES string of the molecule is CS(=O)(=O)c1ccc(-c2cc(C(O)CC(N)=O)nn2C2CCCCC2)cc1. The summed E-state index contributed by atoms with van der Waals surface area (Å²) in [6.45, 7) is 0. The molecule has 1 aromatic carbocycles. The van der Waals surface area contributed by atoms with Gasteiger partial charge in [0.05, 0.1) is 28.7 Å². The van der Waals surface area contributed by atoms with E-state index in [-0.39, 0.29) is 17.4 Å². The summed E-state index contributed by atoms with van der Waals surface area (Å²) in [5, 5.41) is 14.8. The fraction of sp³-hybridized carbons (Fsp3) is 0.474. The summed E-state index contributed by atoms with van der Waals surface area (Å²) in [7, 11) is -3.27. The average Bonchev–Trinajstić information content (AvgIpc) is 3.07. The molecule has 0 aliphatic heterocycles. The molecule has 27 heavy (non-hydrogen) atoms. The Morgan fingerprint density at radius 2 is 1.89 bits per heavy atom. The number of nitrogens with zero attached hydrogens (tertiary/aromatic N) is 2. The Kier molecular flexibility index (Phi) is 5.67. The van der Waals surface area contributed by atoms with Crippen LogP contribution >= 0.6 is 0 Å². The van der Waals surface area contributed by atoms with Crippen LogP contribution in [-0.4, -0.2) is 35.5 Å². The van der Waals surface area contributed by atoms with Gasteiger partial charge < -0.3 is 10.8 Å². The highest BCUT2D eigenvalue weighted by Crippen LogP contribution is 2.34. The van der Waals surface area contributed by atoms with Gasteiger partial charge in [0.15, 0.2) is 9.84 Å². The van der Waals surface area contributed by atoms with Gasteiger partial charge in [-0.1, -0.05) is 31.4 Å². The normalized spacial score (nSPS) is 17.0. The van der Waals surface area contributed by atoms with Gasteiger partial charge in [-0.3, -0.25) is 9.48 Å². The van der Waals surface area contributed by atoms with E-state index < -0.39 is 21.8 Å². The number of aliphatic hydroxyl groups excluding tert-OH is 1. The fourth-order valence-electron chi connectivity index (χ4n) is 3.56. The molecule has 8 heteroatoms. The van der Waals surface area contributed by atoms with Crippen LogP contribution in [-0.2, 0) is 14.6 Å². The van der Waals surface area contributed by atoms with E-state index >= 15 is 0 Å². The standard InChI is InChI=1S/C19H25N3O4S/c1-27(25,26)15-9-7-13(8-10-15)17-11-16(18(23)12-19(20)24)21-22(17)14-5-3-2-4-6-14/h7-11,14,18,23H,2-6,12H2,1H3,(H2,20,24). The first-order valence-electron chi connectivity index (χ1n) is 9.12. The predicted octanol–water partition coefficient (Wildman–Crippen LogP) is 2.37. The number of carbonyl (C=O) groups excluding carboxylic acids is 1. The Morgan fingerprint density at radius 3 is 2.44 bits per heavy atom. The summed E-state index contributed by atoms with van der Waals surface area (Å²) in [5.74, 6) is -0.589. The van der Waals surface area contributed by atoms with E-state index in [1.165, 1.54) is 12.7 Å². The van der Waals surface area contributed by atoms with Crippen molar-refractivity contribution in [3.63, 3.8) is 0 Å². The van der Waals surface area contributed by atoms with E-state index in [1.807, 2.05) is 4.68 Å². The smallest absolute Gasteiger partial charge is 0.220 e. The number of primary amides is 1. The van der Waals surface area contributed by atoms with Crippen molar-refractivity contribution in [2.45, 2.75) is 55.6 Å². The van der Waals surface area contributed by atoms with E-state index in [0.29, 0.717) is 5.69 Å². The van der Waals surface area contributed by atoms with Crippen molar-refractivity contribution < 1.29 is 18.3 Å². The van der Waals surface area contributed by atoms with Crippen LogP contribution in [0.2, 0.25) is 0 Å². The van der Waals surface area contributed by atoms with Gasteiger partial charge in [0.2, 0.25) is 5.91 Å². The minimum atomic E-state index is -3.27. The third-order valence-corrected chi connectivity index (χ3v) is 6.12. The second-order valence-corrected chi connectivity index (χ2v) is 9.19. The molecule has 1 fully saturated rings. The van der Waals surface area contributed by atoms with E-state index in [0.717, 1.165) is 36.9 Å². The van der Waals surface area contributed by atoms with Gasteiger partial charge in [0.1, 0.15) is 6.10 Å². The number of nitrogens with two attached hydrogens (primary N) is 1. The van der Waals surface area contributed by atoms with Gasteiger partial charge in [0.25, 0.3) is 0 Å². The van der Waals surface area contributed by atoms with Crippen molar-refractivity contribution in [2.24, 2.45) is 5.73 Å². The highest BCUT2D eigenvalue weighted by molar-refractivity contribution is 7.90. The Hall–Kier alpha value is -2.19. The topological polar surface area (TPSA) is 115 Å². The molecule has 3 rings (SSSR count). The van der Waals surface area contributed by atoms with E-state index in [9.17, 15) is 18.3 Å². The van der Waals surface area contributed by atoms with Crippen LogP contribution in [0.1, 0.15) is 56.4 Å². The molecule has 1 aliphatic carbocycles. The van der Waals surface area contributed by atoms with Crippen LogP contribution in [0.5, 0.6) is 0 Å². The number of amides is 1. The second kappa shape index (κ2) is 7.82. The minimum absolute atomic E-state index is 0.186. The van der Waals surface area contributed by atoms with Gasteiger partial charge in [0, 0.05) is 6.26 Å². The van der Waals surface area contributed by atoms with Crippen molar-refractivity contribution in [1.29, 1.82) is 0 Å². The zero-order valence-corrected chi connectivity index (χ0v) is 16.2. The summed E-state index contributed by atoms with van der Waals surface area (Å²) in [4.78, 5) is 11.4. The Balaban J connectivity index is 2.01. The predicted molar refractivity (Wildman–Crippen MR) is 102 cm³/mol. The molecular formula is C19H25N3O4S. The van der Waals surface area contributed by atoms with Gasteiger partial charge in [-0.15, -0.1) is 0 Å². The highest BCUT2D eigenvalue weighted by Gasteiger charge is 2.24. The largest absolute Gasteiger partial charge is 0.386 e. The molecule has 146 valence electrons. The Labute approximate surface area is 159 Å². The molecule has 0 spiro atoms. The van der Waals surface area contributed by atoms with Crippen molar-refractivity contribution >= 4 is 15.7 Å². The van der Waals surface area contributed by atoms with Gasteiger partial charge in [-0.25, -0.2) is 8.42 Å². The van der Waals surface area contributed by atoms with Crippen LogP contribution in [0.3, 0.4) is 0 Å². The van der Waals surface area contributed by atoms with Crippen LogP contribution < -0.4 is 5.73 Å². The summed E-state index contributed by atoms with van der Waals surface area (Å²) >= 11 is 0. The number of hydrogen-bond donors (Lipinski definition) is 2. The number of carbonyl (C=O) groups is 1. The van der Waals surface area contributed by atoms with Crippen molar-refractivity contribution in [3.8, 4) is 11.3 Å². The number of rotatable bonds is 6. The quantitative estimate of drug-likeness (QED) is 0.784. The van der Waals surface area contributed by atoms with Crippen molar-refractivity contribution in [2.75, 3.05) is 6.26 Å². The molecule has 2 aromatic rings. The summed E-state index contributed by atoms with van der Waals surface area (Å²) in [5.41, 5.74) is 7.22. The van der Waals surface area contributed by atoms with Crippen molar-refractivity contribution in [1.82, 2.24) is 9.78 Å². The van der Waals surface area contributed by atoms with Gasteiger partial charge >= 0.3 is 0 Å². The molecular weight excluding hydrogens is 366 g/mol. The maximum atomic E-state index is 11.7. The first kappa shape index (κ1) is 19.6. The summed E-state index contributed by atoms with van der Waals surface area (Å²) in [6, 6.07) is 8.62. The van der Waals surface area contributed by atoms with Gasteiger partial charge in [-0.05, 0) is 36.6 Å². The molecule has 1 amide bonds. The number of hydrogen-bond acceptors (Lipinski definition) is 5. The molecule has 3 N–H and O–H groups in total. The van der Waals surface area contributed by atoms with E-state index in [1.54, 1.807) is 30.3 Å². The van der Waals surface area contributed by atoms with Crippen molar-refractivity contribution in [3.05, 3.63) is 36.0 Å². The van der Waals surface area contributed by atoms with Crippen LogP contribution in [0.25, 0.3) is 11.3 Å². The number of aromatic nitrogens is 2. The molecule has 0 radical (unpaired) electrons. The molecule has 1 aliphatic rings. The molecule has 1 heterocycles. The van der Waals surface area contributed by atoms with E-state index in [4.69, 9.17) is 5.73 Å². The minimum Gasteiger partial charge on any atom is -0.386 e. The monoisotopic (exact) mass is 391 g/mol. The number of benzene rings is 1. The highest BCUT2D eigenvalue weighted by atomic mass is 32.2. The lowest BCUT2D eigenvalue weighted by molar-refractivity contribution is -0.120. The first-order chi connectivity index (χ1) is 12.8. The van der Waals surface area contributed by atoms with Gasteiger partial charge in [-0.2, -0.15) is 5.10 Å². The molecule has 0 bridgehead atoms. The third-order valence-electron chi connectivity index (χ3n) is 4.99. The zero-order valence-electron chi connectivity index (χ0n) is 15.3. The second-order valence-electron chi connectivity index (χ2n) is 7.17. The summed E-state index contributed by atoms with van der Waals surface area (Å²) in [6.07, 6.45) is 5.38. The molecule has 1 unspecified atom stereocenters. The van der Waals surface area contributed by atoms with Crippen LogP contribution in [0, 0.1) is 0 Å². The van der Waals surface area contributed by atoms with Crippen LogP contribution in [0.4, 0.5) is 0 Å². The lowest BCUT2D eigenvalue weighted by Crippen LogP contribution is -2.17. The fourth-order valence-corrected chi connectivity index (χ4v) is 4.19. The maximum Gasteiger partial charge on any atom is 0.220 e. The molecule has 0 saturated heterocycles. The first-order valence-corrected chi connectivity index (χ1v) is 11.0.